The van der Waals surface area contributed by atoms with E-state index >= 15 is 0 Å². The molecule has 3 rings (SSSR count). The number of nitrogens with one attached hydrogen (secondary N) is 2. The summed E-state index contributed by atoms with van der Waals surface area (Å²) in [6.07, 6.45) is 4.79. The average Bonchev–Trinajstić information content (AvgIpc) is 2.82. The molecule has 0 unspecified atom stereocenters. The van der Waals surface area contributed by atoms with Crippen LogP contribution in [0.2, 0.25) is 0 Å². The van der Waals surface area contributed by atoms with Crippen molar-refractivity contribution in [3.05, 3.63) is 12.0 Å². The molecule has 0 aliphatic heterocycles. The summed E-state index contributed by atoms with van der Waals surface area (Å²) >= 11 is 0. The Kier molecular flexibility index (Phi) is 1.78. The predicted octanol–water partition coefficient (Wildman–Crippen LogP) is 0.115. The predicted molar refractivity (Wildman–Crippen MR) is 58.1 cm³/mol. The molecule has 7 heteroatoms. The maximum atomic E-state index is 6.16. The van der Waals surface area contributed by atoms with Crippen LogP contribution in [0.4, 0.5) is 5.95 Å². The molecule has 6 N–H and O–H groups in total. The van der Waals surface area contributed by atoms with E-state index in [0.29, 0.717) is 5.82 Å². The van der Waals surface area contributed by atoms with Gasteiger partial charge in [0.1, 0.15) is 11.5 Å². The quantitative estimate of drug-likeness (QED) is 0.571. The fourth-order valence-corrected chi connectivity index (χ4v) is 1.88. The van der Waals surface area contributed by atoms with Crippen molar-refractivity contribution in [1.82, 2.24) is 25.1 Å². The Morgan fingerprint density at radius 1 is 1.38 bits per heavy atom. The summed E-state index contributed by atoms with van der Waals surface area (Å²) in [6.45, 7) is 0. The zero-order valence-corrected chi connectivity index (χ0v) is 8.70. The Balaban J connectivity index is 1.93. The summed E-state index contributed by atoms with van der Waals surface area (Å²) < 4.78 is 0. The van der Waals surface area contributed by atoms with Crippen molar-refractivity contribution in [3.63, 3.8) is 0 Å². The van der Waals surface area contributed by atoms with Crippen molar-refractivity contribution in [1.29, 1.82) is 0 Å². The summed E-state index contributed by atoms with van der Waals surface area (Å²) in [5.41, 5.74) is 12.1. The van der Waals surface area contributed by atoms with E-state index in [0.717, 1.165) is 30.8 Å². The largest absolute Gasteiger partial charge is 0.366 e. The van der Waals surface area contributed by atoms with Crippen LogP contribution in [0.1, 0.15) is 25.1 Å². The van der Waals surface area contributed by atoms with Crippen molar-refractivity contribution in [2.24, 2.45) is 5.73 Å². The van der Waals surface area contributed by atoms with E-state index in [1.165, 1.54) is 0 Å². The van der Waals surface area contributed by atoms with Gasteiger partial charge in [0.15, 0.2) is 5.82 Å². The monoisotopic (exact) mass is 219 g/mol. The van der Waals surface area contributed by atoms with Crippen LogP contribution in [0.25, 0.3) is 11.5 Å². The number of hydrogen-bond acceptors (Lipinski definition) is 5. The third-order valence-corrected chi connectivity index (χ3v) is 3.05. The highest BCUT2D eigenvalue weighted by Gasteiger charge is 2.37. The van der Waals surface area contributed by atoms with Crippen molar-refractivity contribution < 1.29 is 0 Å². The normalized spacial score (nSPS) is 18.3. The number of anilines is 1. The molecule has 2 heterocycles. The van der Waals surface area contributed by atoms with Gasteiger partial charge in [-0.1, -0.05) is 0 Å². The van der Waals surface area contributed by atoms with E-state index in [1.54, 1.807) is 6.20 Å². The van der Waals surface area contributed by atoms with Crippen molar-refractivity contribution in [2.75, 3.05) is 5.73 Å². The highest BCUT2D eigenvalue weighted by Crippen LogP contribution is 2.37. The fourth-order valence-electron chi connectivity index (χ4n) is 1.88. The number of nitrogens with two attached hydrogens (primary N) is 2. The second-order valence-corrected chi connectivity index (χ2v) is 4.20. The summed E-state index contributed by atoms with van der Waals surface area (Å²) in [7, 11) is 0. The molecule has 2 aromatic rings. The highest BCUT2D eigenvalue weighted by atomic mass is 15.3. The number of hydrogen-bond donors (Lipinski definition) is 4. The van der Waals surface area contributed by atoms with Gasteiger partial charge in [-0.3, -0.25) is 5.10 Å². The van der Waals surface area contributed by atoms with Crippen LogP contribution in [-0.2, 0) is 5.54 Å². The fraction of sp³-hybridized carbons (Fsp3) is 0.444. The first-order chi connectivity index (χ1) is 7.67. The molecule has 0 radical (unpaired) electrons. The minimum Gasteiger partial charge on any atom is -0.366 e. The van der Waals surface area contributed by atoms with Crippen molar-refractivity contribution in [3.8, 4) is 11.5 Å². The molecule has 1 aliphatic carbocycles. The summed E-state index contributed by atoms with van der Waals surface area (Å²) in [4.78, 5) is 11.5. The first-order valence-electron chi connectivity index (χ1n) is 5.20. The van der Waals surface area contributed by atoms with Gasteiger partial charge in [-0.2, -0.15) is 4.98 Å². The third kappa shape index (κ3) is 1.28. The standard InChI is InChI=1S/C9H13N7/c10-8-14-6(15-16-8)5-4-12-7(13-5)9(11)2-1-3-9/h4H,1-3,11H2,(H,12,13)(H3,10,14,15,16). The SMILES string of the molecule is Nc1n[nH]c(-c2cnc(C3(N)CCC3)[nH]2)n1. The van der Waals surface area contributed by atoms with Gasteiger partial charge in [0.05, 0.1) is 11.7 Å². The molecular weight excluding hydrogens is 206 g/mol. The van der Waals surface area contributed by atoms with Gasteiger partial charge in [0.2, 0.25) is 5.95 Å². The molecule has 0 aromatic carbocycles. The number of nitrogens with zero attached hydrogens (tertiary/aromatic N) is 3. The van der Waals surface area contributed by atoms with Gasteiger partial charge < -0.3 is 16.5 Å². The molecule has 1 aliphatic rings. The van der Waals surface area contributed by atoms with Crippen LogP contribution in [-0.4, -0.2) is 25.1 Å². The van der Waals surface area contributed by atoms with E-state index < -0.39 is 0 Å². The first-order valence-corrected chi connectivity index (χ1v) is 5.20. The molecule has 0 amide bonds. The Morgan fingerprint density at radius 3 is 2.75 bits per heavy atom. The molecule has 0 atom stereocenters. The van der Waals surface area contributed by atoms with Gasteiger partial charge in [-0.05, 0) is 19.3 Å². The number of H-pyrrole nitrogens is 2. The Bertz CT molecular complexity index is 507. The van der Waals surface area contributed by atoms with E-state index in [2.05, 4.69) is 25.1 Å². The molecular formula is C9H13N7. The lowest BCUT2D eigenvalue weighted by atomic mass is 9.77. The molecule has 0 saturated heterocycles. The number of aromatic nitrogens is 5. The van der Waals surface area contributed by atoms with E-state index in [1.807, 2.05) is 0 Å². The summed E-state index contributed by atoms with van der Waals surface area (Å²) in [5.74, 6) is 1.61. The third-order valence-electron chi connectivity index (χ3n) is 3.05. The molecule has 7 nitrogen and oxygen atoms in total. The molecule has 2 aromatic heterocycles. The maximum absolute atomic E-state index is 6.16. The lowest BCUT2D eigenvalue weighted by molar-refractivity contribution is 0.240. The van der Waals surface area contributed by atoms with Gasteiger partial charge in [0, 0.05) is 0 Å². The number of rotatable bonds is 2. The van der Waals surface area contributed by atoms with Crippen LogP contribution in [0.5, 0.6) is 0 Å². The minimum atomic E-state index is -0.288. The second kappa shape index (κ2) is 3.05. The van der Waals surface area contributed by atoms with E-state index in [4.69, 9.17) is 11.5 Å². The zero-order chi connectivity index (χ0) is 11.2. The van der Waals surface area contributed by atoms with Crippen molar-refractivity contribution >= 4 is 5.95 Å². The minimum absolute atomic E-state index is 0.220. The molecule has 0 spiro atoms. The Hall–Kier alpha value is -1.89. The van der Waals surface area contributed by atoms with Crippen molar-refractivity contribution in [2.45, 2.75) is 24.8 Å². The topological polar surface area (TPSA) is 122 Å². The van der Waals surface area contributed by atoms with E-state index in [9.17, 15) is 0 Å². The average molecular weight is 219 g/mol. The van der Waals surface area contributed by atoms with E-state index in [-0.39, 0.29) is 11.5 Å². The maximum Gasteiger partial charge on any atom is 0.239 e. The molecule has 0 bridgehead atoms. The lowest BCUT2D eigenvalue weighted by Gasteiger charge is -2.35. The molecule has 1 fully saturated rings. The van der Waals surface area contributed by atoms with Crippen LogP contribution in [0, 0.1) is 0 Å². The Morgan fingerprint density at radius 2 is 2.19 bits per heavy atom. The number of nitrogen functional groups attached to an aromatic ring is 1. The van der Waals surface area contributed by atoms with Gasteiger partial charge in [-0.15, -0.1) is 5.10 Å². The van der Waals surface area contributed by atoms with Gasteiger partial charge >= 0.3 is 0 Å². The molecule has 1 saturated carbocycles. The van der Waals surface area contributed by atoms with Crippen LogP contribution < -0.4 is 11.5 Å². The first kappa shape index (κ1) is 9.34. The smallest absolute Gasteiger partial charge is 0.239 e. The van der Waals surface area contributed by atoms with Gasteiger partial charge in [0.25, 0.3) is 0 Å². The summed E-state index contributed by atoms with van der Waals surface area (Å²) in [5, 5.41) is 6.49. The number of imidazole rings is 1. The van der Waals surface area contributed by atoms with Crippen LogP contribution >= 0.6 is 0 Å². The highest BCUT2D eigenvalue weighted by molar-refractivity contribution is 5.49. The molecule has 84 valence electrons. The summed E-state index contributed by atoms with van der Waals surface area (Å²) in [6, 6.07) is 0. The number of aromatic amines is 2. The van der Waals surface area contributed by atoms with Crippen LogP contribution in [0.3, 0.4) is 0 Å². The van der Waals surface area contributed by atoms with Crippen LogP contribution in [0.15, 0.2) is 6.20 Å². The zero-order valence-electron chi connectivity index (χ0n) is 8.70. The second-order valence-electron chi connectivity index (χ2n) is 4.20. The molecule has 16 heavy (non-hydrogen) atoms. The van der Waals surface area contributed by atoms with Gasteiger partial charge in [-0.25, -0.2) is 4.98 Å². The lowest BCUT2D eigenvalue weighted by Crippen LogP contribution is -2.44. The Labute approximate surface area is 91.7 Å².